The summed E-state index contributed by atoms with van der Waals surface area (Å²) in [6.07, 6.45) is -0.0380. The van der Waals surface area contributed by atoms with Crippen LogP contribution in [0.15, 0.2) is 24.3 Å². The zero-order valence-corrected chi connectivity index (χ0v) is 22.5. The average Bonchev–Trinajstić information content (AvgIpc) is 2.75. The molecule has 2 N–H and O–H groups in total. The van der Waals surface area contributed by atoms with E-state index in [1.165, 1.54) is 0 Å². The van der Waals surface area contributed by atoms with Crippen LogP contribution in [0.4, 0.5) is 0 Å². The molecular weight excluding hydrogens is 472 g/mol. The van der Waals surface area contributed by atoms with Crippen LogP contribution in [0.3, 0.4) is 0 Å². The van der Waals surface area contributed by atoms with Crippen LogP contribution >= 0.6 is 11.6 Å². The Labute approximate surface area is 213 Å². The van der Waals surface area contributed by atoms with Gasteiger partial charge in [0.05, 0.1) is 19.1 Å². The number of rotatable bonds is 12. The Bertz CT molecular complexity index is 864. The number of benzene rings is 1. The Morgan fingerprint density at radius 3 is 1.97 bits per heavy atom. The molecule has 2 amide bonds. The number of amides is 2. The summed E-state index contributed by atoms with van der Waals surface area (Å²) >= 11 is 6.00. The van der Waals surface area contributed by atoms with Crippen LogP contribution in [0, 0.1) is 11.3 Å². The van der Waals surface area contributed by atoms with E-state index in [9.17, 15) is 19.2 Å². The van der Waals surface area contributed by atoms with Crippen LogP contribution in [0.2, 0.25) is 5.02 Å². The molecule has 0 saturated heterocycles. The van der Waals surface area contributed by atoms with Crippen LogP contribution in [-0.2, 0) is 28.7 Å². The number of carbonyl (C=O) groups excluding carboxylic acids is 4. The summed E-state index contributed by atoms with van der Waals surface area (Å²) in [5.41, 5.74) is 0.121. The number of nitrogens with one attached hydrogen (secondary N) is 2. The Kier molecular flexibility index (Phi) is 12.2. The zero-order chi connectivity index (χ0) is 26.8. The van der Waals surface area contributed by atoms with Gasteiger partial charge in [-0.3, -0.25) is 14.4 Å². The van der Waals surface area contributed by atoms with Crippen molar-refractivity contribution in [3.63, 3.8) is 0 Å². The lowest BCUT2D eigenvalue weighted by molar-refractivity contribution is -0.149. The lowest BCUT2D eigenvalue weighted by atomic mass is 9.83. The fourth-order valence-corrected chi connectivity index (χ4v) is 3.78. The molecule has 1 rings (SSSR count). The molecule has 8 nitrogen and oxygen atoms in total. The second-order valence-corrected chi connectivity index (χ2v) is 10.2. The van der Waals surface area contributed by atoms with Gasteiger partial charge < -0.3 is 20.1 Å². The molecule has 0 radical (unpaired) electrons. The molecule has 0 aromatic heterocycles. The minimum atomic E-state index is -1.05. The molecule has 0 aliphatic carbocycles. The number of hydrogen-bond acceptors (Lipinski definition) is 6. The summed E-state index contributed by atoms with van der Waals surface area (Å²) in [6.45, 7) is 13.0. The van der Waals surface area contributed by atoms with Gasteiger partial charge in [0.25, 0.3) is 0 Å². The van der Waals surface area contributed by atoms with E-state index in [-0.39, 0.29) is 37.9 Å². The SMILES string of the molecule is CCOC(=O)CC[C@@H](NC(=O)[C@@H](NC(=O)[C@@H](c1ccc(Cl)cc1)C(C)C)C(C)(C)C)C(=O)OCC. The molecule has 0 saturated carbocycles. The summed E-state index contributed by atoms with van der Waals surface area (Å²) in [4.78, 5) is 50.9. The molecule has 0 spiro atoms. The van der Waals surface area contributed by atoms with Gasteiger partial charge in [-0.15, -0.1) is 0 Å². The maximum absolute atomic E-state index is 13.4. The molecule has 9 heteroatoms. The fourth-order valence-electron chi connectivity index (χ4n) is 3.66. The topological polar surface area (TPSA) is 111 Å². The lowest BCUT2D eigenvalue weighted by Gasteiger charge is -2.33. The Morgan fingerprint density at radius 2 is 1.49 bits per heavy atom. The van der Waals surface area contributed by atoms with Crippen molar-refractivity contribution in [3.8, 4) is 0 Å². The summed E-state index contributed by atoms with van der Waals surface area (Å²) in [5, 5.41) is 6.12. The summed E-state index contributed by atoms with van der Waals surface area (Å²) in [7, 11) is 0. The number of esters is 2. The van der Waals surface area contributed by atoms with Crippen molar-refractivity contribution in [2.75, 3.05) is 13.2 Å². The smallest absolute Gasteiger partial charge is 0.328 e. The largest absolute Gasteiger partial charge is 0.466 e. The van der Waals surface area contributed by atoms with E-state index < -0.39 is 41.3 Å². The van der Waals surface area contributed by atoms with Crippen molar-refractivity contribution in [1.29, 1.82) is 0 Å². The number of halogens is 1. The number of hydrogen-bond donors (Lipinski definition) is 2. The van der Waals surface area contributed by atoms with E-state index in [0.717, 1.165) is 5.56 Å². The standard InChI is InChI=1S/C26H39ClN2O6/c1-8-34-20(30)15-14-19(25(33)35-9-2)28-24(32)22(26(5,6)7)29-23(31)21(16(3)4)17-10-12-18(27)13-11-17/h10-13,16,19,21-22H,8-9,14-15H2,1-7H3,(H,28,32)(H,29,31)/t19-,21-,22-/m1/s1. The van der Waals surface area contributed by atoms with Gasteiger partial charge in [-0.2, -0.15) is 0 Å². The third-order valence-electron chi connectivity index (χ3n) is 5.42. The van der Waals surface area contributed by atoms with Gasteiger partial charge in [-0.05, 0) is 49.3 Å². The van der Waals surface area contributed by atoms with Crippen LogP contribution < -0.4 is 10.6 Å². The maximum atomic E-state index is 13.4. The quantitative estimate of drug-likeness (QED) is 0.411. The maximum Gasteiger partial charge on any atom is 0.328 e. The zero-order valence-electron chi connectivity index (χ0n) is 21.8. The molecule has 0 aliphatic rings. The van der Waals surface area contributed by atoms with Crippen LogP contribution in [0.25, 0.3) is 0 Å². The fraction of sp³-hybridized carbons (Fsp3) is 0.615. The molecule has 0 unspecified atom stereocenters. The molecule has 0 heterocycles. The summed E-state index contributed by atoms with van der Waals surface area (Å²) in [6, 6.07) is 5.05. The first-order chi connectivity index (χ1) is 16.3. The van der Waals surface area contributed by atoms with Crippen molar-refractivity contribution in [1.82, 2.24) is 10.6 Å². The normalized spacial score (nSPS) is 14.0. The van der Waals surface area contributed by atoms with Crippen molar-refractivity contribution < 1.29 is 28.7 Å². The monoisotopic (exact) mass is 510 g/mol. The highest BCUT2D eigenvalue weighted by atomic mass is 35.5. The van der Waals surface area contributed by atoms with Crippen LogP contribution in [-0.4, -0.2) is 49.1 Å². The minimum absolute atomic E-state index is 0.0214. The molecule has 0 fully saturated rings. The molecule has 35 heavy (non-hydrogen) atoms. The van der Waals surface area contributed by atoms with Gasteiger partial charge in [-0.25, -0.2) is 4.79 Å². The second kappa shape index (κ2) is 14.1. The number of ether oxygens (including phenoxy) is 2. The van der Waals surface area contributed by atoms with Gasteiger partial charge in [-0.1, -0.05) is 58.4 Å². The second-order valence-electron chi connectivity index (χ2n) is 9.74. The van der Waals surface area contributed by atoms with Crippen LogP contribution in [0.5, 0.6) is 0 Å². The third kappa shape index (κ3) is 9.88. The van der Waals surface area contributed by atoms with E-state index >= 15 is 0 Å². The van der Waals surface area contributed by atoms with Crippen molar-refractivity contribution in [3.05, 3.63) is 34.9 Å². The minimum Gasteiger partial charge on any atom is -0.466 e. The van der Waals surface area contributed by atoms with Crippen molar-refractivity contribution in [2.24, 2.45) is 11.3 Å². The summed E-state index contributed by atoms with van der Waals surface area (Å²) in [5.74, 6) is -2.51. The summed E-state index contributed by atoms with van der Waals surface area (Å²) < 4.78 is 10.00. The molecule has 3 atom stereocenters. The molecule has 0 aliphatic heterocycles. The van der Waals surface area contributed by atoms with E-state index in [2.05, 4.69) is 10.6 Å². The Hall–Kier alpha value is -2.61. The Morgan fingerprint density at radius 1 is 0.914 bits per heavy atom. The molecular formula is C26H39ClN2O6. The van der Waals surface area contributed by atoms with Gasteiger partial charge in [0, 0.05) is 11.4 Å². The van der Waals surface area contributed by atoms with E-state index in [1.54, 1.807) is 38.1 Å². The molecule has 1 aromatic carbocycles. The van der Waals surface area contributed by atoms with E-state index in [0.29, 0.717) is 5.02 Å². The Balaban J connectivity index is 3.11. The first-order valence-electron chi connectivity index (χ1n) is 12.0. The van der Waals surface area contributed by atoms with Gasteiger partial charge in [0.15, 0.2) is 0 Å². The first kappa shape index (κ1) is 30.4. The van der Waals surface area contributed by atoms with Gasteiger partial charge in [0.2, 0.25) is 11.8 Å². The molecule has 196 valence electrons. The van der Waals surface area contributed by atoms with Crippen molar-refractivity contribution in [2.45, 2.75) is 79.3 Å². The predicted octanol–water partition coefficient (Wildman–Crippen LogP) is 4.00. The predicted molar refractivity (Wildman–Crippen MR) is 135 cm³/mol. The molecule has 1 aromatic rings. The third-order valence-corrected chi connectivity index (χ3v) is 5.68. The highest BCUT2D eigenvalue weighted by molar-refractivity contribution is 6.30. The van der Waals surface area contributed by atoms with Crippen LogP contribution in [0.1, 0.15) is 72.8 Å². The lowest BCUT2D eigenvalue weighted by Crippen LogP contribution is -2.57. The molecule has 0 bridgehead atoms. The highest BCUT2D eigenvalue weighted by Crippen LogP contribution is 2.28. The van der Waals surface area contributed by atoms with E-state index in [4.69, 9.17) is 21.1 Å². The van der Waals surface area contributed by atoms with E-state index in [1.807, 2.05) is 34.6 Å². The average molecular weight is 511 g/mol. The van der Waals surface area contributed by atoms with Gasteiger partial charge >= 0.3 is 11.9 Å². The first-order valence-corrected chi connectivity index (χ1v) is 12.4. The van der Waals surface area contributed by atoms with Crippen molar-refractivity contribution >= 4 is 35.4 Å². The van der Waals surface area contributed by atoms with Gasteiger partial charge in [0.1, 0.15) is 12.1 Å². The highest BCUT2D eigenvalue weighted by Gasteiger charge is 2.37. The number of carbonyl (C=O) groups is 4.